The Labute approximate surface area is 189 Å². The maximum atomic E-state index is 13.4. The van der Waals surface area contributed by atoms with Gasteiger partial charge in [-0.15, -0.1) is 0 Å². The Hall–Kier alpha value is -2.86. The number of H-pyrrole nitrogens is 1. The van der Waals surface area contributed by atoms with E-state index in [-0.39, 0.29) is 17.9 Å². The van der Waals surface area contributed by atoms with Crippen molar-refractivity contribution >= 4 is 44.8 Å². The molecule has 3 atom stereocenters. The summed E-state index contributed by atoms with van der Waals surface area (Å²) in [7, 11) is 1.35. The quantitative estimate of drug-likeness (QED) is 0.431. The van der Waals surface area contributed by atoms with Crippen molar-refractivity contribution < 1.29 is 14.3 Å². The number of allylic oxidation sites excluding steroid dienone is 1. The van der Waals surface area contributed by atoms with E-state index in [1.54, 1.807) is 0 Å². The fourth-order valence-corrected chi connectivity index (χ4v) is 5.43. The van der Waals surface area contributed by atoms with Crippen LogP contribution in [0.3, 0.4) is 0 Å². The highest BCUT2D eigenvalue weighted by Crippen LogP contribution is 2.44. The summed E-state index contributed by atoms with van der Waals surface area (Å²) in [6.45, 7) is 0.618. The van der Waals surface area contributed by atoms with Gasteiger partial charge in [0.05, 0.1) is 13.2 Å². The molecule has 1 aromatic heterocycles. The highest BCUT2D eigenvalue weighted by atomic mass is 79.9. The molecule has 5 rings (SSSR count). The first-order valence-electron chi connectivity index (χ1n) is 10.5. The van der Waals surface area contributed by atoms with Crippen LogP contribution in [-0.2, 0) is 20.7 Å². The standard InChI is InChI=1S/C25H23BrN2O3/c1-31-25(30)22-16(11-10-15-6-2-4-8-19(15)26)14-21-23-18(12-13-28(21)24(22)29)17-7-3-5-9-20(17)27-23/h2-11,16,21-22,27H,12-14H2,1H3/b11-10+/t16-,21-,22+/m1/s1. The van der Waals surface area contributed by atoms with E-state index in [9.17, 15) is 9.59 Å². The molecule has 2 aliphatic rings. The molecule has 1 fully saturated rings. The Morgan fingerprint density at radius 2 is 1.97 bits per heavy atom. The Kier molecular flexibility index (Phi) is 5.18. The number of hydrogen-bond donors (Lipinski definition) is 1. The summed E-state index contributed by atoms with van der Waals surface area (Å²) in [6, 6.07) is 16.1. The van der Waals surface area contributed by atoms with Crippen LogP contribution in [0, 0.1) is 11.8 Å². The average Bonchev–Trinajstić information content (AvgIpc) is 3.17. The molecule has 158 valence electrons. The summed E-state index contributed by atoms with van der Waals surface area (Å²) < 4.78 is 6.00. The van der Waals surface area contributed by atoms with E-state index in [1.165, 1.54) is 18.1 Å². The molecular weight excluding hydrogens is 456 g/mol. The monoisotopic (exact) mass is 478 g/mol. The molecule has 2 aliphatic heterocycles. The number of ether oxygens (including phenoxy) is 1. The number of piperidine rings is 1. The van der Waals surface area contributed by atoms with Crippen molar-refractivity contribution in [1.82, 2.24) is 9.88 Å². The highest BCUT2D eigenvalue weighted by Gasteiger charge is 2.48. The number of nitrogens with one attached hydrogen (secondary N) is 1. The fourth-order valence-electron chi connectivity index (χ4n) is 5.01. The Balaban J connectivity index is 1.54. The van der Waals surface area contributed by atoms with Crippen LogP contribution in [0.15, 0.2) is 59.1 Å². The number of halogens is 1. The summed E-state index contributed by atoms with van der Waals surface area (Å²) in [5.74, 6) is -1.67. The molecule has 1 amide bonds. The molecule has 0 aliphatic carbocycles. The van der Waals surface area contributed by atoms with Gasteiger partial charge in [-0.2, -0.15) is 0 Å². The minimum atomic E-state index is -0.814. The predicted octanol–water partition coefficient (Wildman–Crippen LogP) is 4.88. The van der Waals surface area contributed by atoms with Gasteiger partial charge in [-0.1, -0.05) is 64.5 Å². The van der Waals surface area contributed by atoms with Gasteiger partial charge in [-0.05, 0) is 36.1 Å². The van der Waals surface area contributed by atoms with Gasteiger partial charge in [-0.25, -0.2) is 0 Å². The molecule has 5 nitrogen and oxygen atoms in total. The van der Waals surface area contributed by atoms with E-state index in [1.807, 2.05) is 53.5 Å². The minimum absolute atomic E-state index is 0.0709. The number of esters is 1. The third kappa shape index (κ3) is 3.39. The van der Waals surface area contributed by atoms with Crippen molar-refractivity contribution in [3.05, 3.63) is 75.9 Å². The van der Waals surface area contributed by atoms with Crippen molar-refractivity contribution in [3.8, 4) is 0 Å². The first kappa shape index (κ1) is 20.1. The van der Waals surface area contributed by atoms with Crippen molar-refractivity contribution in [3.63, 3.8) is 0 Å². The molecule has 1 N–H and O–H groups in total. The van der Waals surface area contributed by atoms with Crippen molar-refractivity contribution in [2.24, 2.45) is 11.8 Å². The summed E-state index contributed by atoms with van der Waals surface area (Å²) in [5.41, 5.74) is 4.49. The van der Waals surface area contributed by atoms with E-state index >= 15 is 0 Å². The number of hydrogen-bond acceptors (Lipinski definition) is 3. The number of carbonyl (C=O) groups is 2. The molecule has 0 unspecified atom stereocenters. The van der Waals surface area contributed by atoms with Gasteiger partial charge in [-0.3, -0.25) is 9.59 Å². The maximum Gasteiger partial charge on any atom is 0.318 e. The van der Waals surface area contributed by atoms with Gasteiger partial charge in [0, 0.05) is 33.5 Å². The zero-order valence-electron chi connectivity index (χ0n) is 17.2. The summed E-state index contributed by atoms with van der Waals surface area (Å²) in [5, 5.41) is 1.22. The number of methoxy groups -OCH3 is 1. The van der Waals surface area contributed by atoms with Gasteiger partial charge >= 0.3 is 5.97 Å². The lowest BCUT2D eigenvalue weighted by molar-refractivity contribution is -0.161. The van der Waals surface area contributed by atoms with E-state index in [0.717, 1.165) is 27.7 Å². The van der Waals surface area contributed by atoms with E-state index < -0.39 is 11.9 Å². The Bertz CT molecular complexity index is 1200. The number of rotatable bonds is 3. The number of nitrogens with zero attached hydrogens (tertiary/aromatic N) is 1. The maximum absolute atomic E-state index is 13.4. The molecular formula is C25H23BrN2O3. The molecule has 3 heterocycles. The number of benzene rings is 2. The Morgan fingerprint density at radius 1 is 1.19 bits per heavy atom. The van der Waals surface area contributed by atoms with Gasteiger partial charge < -0.3 is 14.6 Å². The molecule has 3 aromatic rings. The van der Waals surface area contributed by atoms with Crippen LogP contribution in [0.5, 0.6) is 0 Å². The number of amides is 1. The lowest BCUT2D eigenvalue weighted by Crippen LogP contribution is -2.52. The molecule has 0 radical (unpaired) electrons. The van der Waals surface area contributed by atoms with E-state index in [2.05, 4.69) is 33.0 Å². The Morgan fingerprint density at radius 3 is 2.77 bits per heavy atom. The van der Waals surface area contributed by atoms with Crippen LogP contribution >= 0.6 is 15.9 Å². The molecule has 0 spiro atoms. The highest BCUT2D eigenvalue weighted by molar-refractivity contribution is 9.10. The summed E-state index contributed by atoms with van der Waals surface area (Å²) in [6.07, 6.45) is 5.44. The number of aromatic nitrogens is 1. The van der Waals surface area contributed by atoms with E-state index in [0.29, 0.717) is 13.0 Å². The summed E-state index contributed by atoms with van der Waals surface area (Å²) >= 11 is 3.56. The normalized spacial score (nSPS) is 23.1. The van der Waals surface area contributed by atoms with Crippen molar-refractivity contribution in [2.75, 3.05) is 13.7 Å². The largest absolute Gasteiger partial charge is 0.468 e. The van der Waals surface area contributed by atoms with Crippen molar-refractivity contribution in [2.45, 2.75) is 18.9 Å². The van der Waals surface area contributed by atoms with Crippen LogP contribution in [0.4, 0.5) is 0 Å². The van der Waals surface area contributed by atoms with Gasteiger partial charge in [0.15, 0.2) is 0 Å². The second kappa shape index (κ2) is 8.00. The summed E-state index contributed by atoms with van der Waals surface area (Å²) in [4.78, 5) is 31.5. The van der Waals surface area contributed by atoms with Crippen LogP contribution in [-0.4, -0.2) is 35.4 Å². The lowest BCUT2D eigenvalue weighted by Gasteiger charge is -2.44. The zero-order chi connectivity index (χ0) is 21.5. The van der Waals surface area contributed by atoms with Gasteiger partial charge in [0.25, 0.3) is 0 Å². The van der Waals surface area contributed by atoms with Gasteiger partial charge in [0.2, 0.25) is 5.91 Å². The molecule has 0 bridgehead atoms. The second-order valence-electron chi connectivity index (χ2n) is 8.14. The van der Waals surface area contributed by atoms with Crippen molar-refractivity contribution in [1.29, 1.82) is 0 Å². The van der Waals surface area contributed by atoms with Crippen LogP contribution < -0.4 is 0 Å². The lowest BCUT2D eigenvalue weighted by atomic mass is 9.77. The molecule has 6 heteroatoms. The first-order valence-corrected chi connectivity index (χ1v) is 11.3. The molecule has 31 heavy (non-hydrogen) atoms. The number of para-hydroxylation sites is 1. The third-order valence-corrected chi connectivity index (χ3v) is 7.24. The van der Waals surface area contributed by atoms with E-state index in [4.69, 9.17) is 4.74 Å². The number of carbonyl (C=O) groups excluding carboxylic acids is 2. The predicted molar refractivity (Wildman–Crippen MR) is 123 cm³/mol. The average molecular weight is 479 g/mol. The molecule has 1 saturated heterocycles. The van der Waals surface area contributed by atoms with Gasteiger partial charge in [0.1, 0.15) is 5.92 Å². The molecule has 0 saturated carbocycles. The smallest absolute Gasteiger partial charge is 0.318 e. The van der Waals surface area contributed by atoms with Crippen LogP contribution in [0.25, 0.3) is 17.0 Å². The number of fused-ring (bicyclic) bond motifs is 5. The van der Waals surface area contributed by atoms with Crippen LogP contribution in [0.1, 0.15) is 29.3 Å². The molecule has 2 aromatic carbocycles. The second-order valence-corrected chi connectivity index (χ2v) is 9.00. The SMILES string of the molecule is COC(=O)[C@@H]1C(=O)N2CCc3c([nH]c4ccccc34)[C@H]2C[C@H]1/C=C/c1ccccc1Br. The fraction of sp³-hybridized carbons (Fsp3) is 0.280. The topological polar surface area (TPSA) is 62.4 Å². The zero-order valence-corrected chi connectivity index (χ0v) is 18.8. The first-order chi connectivity index (χ1) is 15.1. The third-order valence-electron chi connectivity index (χ3n) is 6.51. The van der Waals surface area contributed by atoms with Crippen LogP contribution in [0.2, 0.25) is 0 Å². The minimum Gasteiger partial charge on any atom is -0.468 e. The number of aromatic amines is 1.